The summed E-state index contributed by atoms with van der Waals surface area (Å²) in [5.41, 5.74) is 2.70. The highest BCUT2D eigenvalue weighted by atomic mass is 16.6. The molecule has 1 aliphatic heterocycles. The topological polar surface area (TPSA) is 41.6 Å². The number of carbonyl (C=O) groups excluding carboxylic acids is 1. The average molecular weight is 324 g/mol. The minimum Gasteiger partial charge on any atom is -0.443 e. The zero-order chi connectivity index (χ0) is 17.2. The van der Waals surface area contributed by atoms with E-state index in [1.807, 2.05) is 63.2 Å². The molecule has 1 atom stereocenters. The fourth-order valence-electron chi connectivity index (χ4n) is 2.97. The SMILES string of the molecule is CC(C)(C)OC(=O)N(c1ccccc1)[C@H]1CNc2ccccc2C1. The Balaban J connectivity index is 1.90. The first-order valence-corrected chi connectivity index (χ1v) is 8.33. The molecule has 1 heterocycles. The lowest BCUT2D eigenvalue weighted by atomic mass is 9.98. The highest BCUT2D eigenvalue weighted by Gasteiger charge is 2.32. The van der Waals surface area contributed by atoms with Gasteiger partial charge in [0, 0.05) is 17.9 Å². The summed E-state index contributed by atoms with van der Waals surface area (Å²) in [6, 6.07) is 18.0. The summed E-state index contributed by atoms with van der Waals surface area (Å²) in [6.45, 7) is 6.37. The van der Waals surface area contributed by atoms with Crippen molar-refractivity contribution in [3.63, 3.8) is 0 Å². The van der Waals surface area contributed by atoms with Gasteiger partial charge < -0.3 is 10.1 Å². The summed E-state index contributed by atoms with van der Waals surface area (Å²) in [5.74, 6) is 0. The third-order valence-corrected chi connectivity index (χ3v) is 3.99. The number of nitrogens with one attached hydrogen (secondary N) is 1. The van der Waals surface area contributed by atoms with E-state index in [4.69, 9.17) is 4.74 Å². The van der Waals surface area contributed by atoms with E-state index in [2.05, 4.69) is 17.4 Å². The molecule has 3 rings (SSSR count). The predicted molar refractivity (Wildman–Crippen MR) is 97.6 cm³/mol. The van der Waals surface area contributed by atoms with Crippen LogP contribution in [-0.2, 0) is 11.2 Å². The van der Waals surface area contributed by atoms with Crippen molar-refractivity contribution in [1.82, 2.24) is 0 Å². The van der Waals surface area contributed by atoms with Crippen LogP contribution in [0.3, 0.4) is 0 Å². The highest BCUT2D eigenvalue weighted by molar-refractivity contribution is 5.89. The van der Waals surface area contributed by atoms with Crippen LogP contribution in [0.4, 0.5) is 16.2 Å². The van der Waals surface area contributed by atoms with Crippen LogP contribution in [0.25, 0.3) is 0 Å². The number of amides is 1. The van der Waals surface area contributed by atoms with Gasteiger partial charge in [-0.3, -0.25) is 4.90 Å². The second-order valence-electron chi connectivity index (χ2n) is 7.08. The van der Waals surface area contributed by atoms with Crippen LogP contribution in [0.5, 0.6) is 0 Å². The molecule has 0 saturated heterocycles. The highest BCUT2D eigenvalue weighted by Crippen LogP contribution is 2.28. The van der Waals surface area contributed by atoms with Crippen molar-refractivity contribution < 1.29 is 9.53 Å². The first-order valence-electron chi connectivity index (χ1n) is 8.33. The molecule has 0 spiro atoms. The van der Waals surface area contributed by atoms with Crippen molar-refractivity contribution in [3.05, 3.63) is 60.2 Å². The molecule has 24 heavy (non-hydrogen) atoms. The zero-order valence-electron chi connectivity index (χ0n) is 14.5. The first-order chi connectivity index (χ1) is 11.4. The maximum absolute atomic E-state index is 12.8. The van der Waals surface area contributed by atoms with Crippen LogP contribution in [0.15, 0.2) is 54.6 Å². The van der Waals surface area contributed by atoms with E-state index in [0.29, 0.717) is 6.54 Å². The molecule has 0 aliphatic carbocycles. The van der Waals surface area contributed by atoms with Gasteiger partial charge in [-0.1, -0.05) is 36.4 Å². The van der Waals surface area contributed by atoms with Crippen molar-refractivity contribution in [1.29, 1.82) is 0 Å². The predicted octanol–water partition coefficient (Wildman–Crippen LogP) is 4.46. The van der Waals surface area contributed by atoms with Crippen molar-refractivity contribution in [2.24, 2.45) is 0 Å². The molecule has 0 aromatic heterocycles. The Labute approximate surface area is 143 Å². The average Bonchev–Trinajstić information content (AvgIpc) is 2.54. The summed E-state index contributed by atoms with van der Waals surface area (Å²) < 4.78 is 5.65. The van der Waals surface area contributed by atoms with Crippen LogP contribution in [-0.4, -0.2) is 24.3 Å². The molecule has 2 aromatic carbocycles. The van der Waals surface area contributed by atoms with Gasteiger partial charge >= 0.3 is 6.09 Å². The molecule has 1 N–H and O–H groups in total. The maximum Gasteiger partial charge on any atom is 0.415 e. The Bertz CT molecular complexity index is 707. The van der Waals surface area contributed by atoms with Crippen molar-refractivity contribution in [3.8, 4) is 0 Å². The van der Waals surface area contributed by atoms with Crippen molar-refractivity contribution >= 4 is 17.5 Å². The molecular formula is C20H24N2O2. The molecule has 1 aliphatic rings. The van der Waals surface area contributed by atoms with Gasteiger partial charge in [0.1, 0.15) is 5.60 Å². The quantitative estimate of drug-likeness (QED) is 0.886. The molecule has 4 heteroatoms. The lowest BCUT2D eigenvalue weighted by Crippen LogP contribution is -2.49. The molecule has 0 radical (unpaired) electrons. The molecule has 4 nitrogen and oxygen atoms in total. The van der Waals surface area contributed by atoms with Gasteiger partial charge in [0.2, 0.25) is 0 Å². The Morgan fingerprint density at radius 1 is 1.08 bits per heavy atom. The van der Waals surface area contributed by atoms with Gasteiger partial charge in [-0.15, -0.1) is 0 Å². The largest absolute Gasteiger partial charge is 0.443 e. The van der Waals surface area contributed by atoms with E-state index in [1.165, 1.54) is 5.56 Å². The smallest absolute Gasteiger partial charge is 0.415 e. The Hall–Kier alpha value is -2.49. The van der Waals surface area contributed by atoms with Gasteiger partial charge in [0.15, 0.2) is 0 Å². The monoisotopic (exact) mass is 324 g/mol. The number of ether oxygens (including phenoxy) is 1. The summed E-state index contributed by atoms with van der Waals surface area (Å²) in [5, 5.41) is 3.43. The van der Waals surface area contributed by atoms with E-state index in [0.717, 1.165) is 17.8 Å². The van der Waals surface area contributed by atoms with Crippen LogP contribution < -0.4 is 10.2 Å². The summed E-state index contributed by atoms with van der Waals surface area (Å²) in [7, 11) is 0. The van der Waals surface area contributed by atoms with Gasteiger partial charge in [0.05, 0.1) is 6.04 Å². The number of para-hydroxylation sites is 2. The number of rotatable bonds is 2. The zero-order valence-corrected chi connectivity index (χ0v) is 14.5. The van der Waals surface area contributed by atoms with E-state index in [1.54, 1.807) is 4.90 Å². The minimum absolute atomic E-state index is 0.0112. The molecule has 0 unspecified atom stereocenters. The van der Waals surface area contributed by atoms with E-state index < -0.39 is 5.60 Å². The van der Waals surface area contributed by atoms with Crippen LogP contribution >= 0.6 is 0 Å². The third-order valence-electron chi connectivity index (χ3n) is 3.99. The van der Waals surface area contributed by atoms with Gasteiger partial charge in [-0.2, -0.15) is 0 Å². The Morgan fingerprint density at radius 2 is 1.75 bits per heavy atom. The second-order valence-corrected chi connectivity index (χ2v) is 7.08. The molecular weight excluding hydrogens is 300 g/mol. The number of benzene rings is 2. The Morgan fingerprint density at radius 3 is 2.46 bits per heavy atom. The molecule has 0 saturated carbocycles. The number of hydrogen-bond donors (Lipinski definition) is 1. The summed E-state index contributed by atoms with van der Waals surface area (Å²) in [4.78, 5) is 14.6. The van der Waals surface area contributed by atoms with E-state index in [-0.39, 0.29) is 12.1 Å². The number of anilines is 2. The van der Waals surface area contributed by atoms with Crippen LogP contribution in [0.1, 0.15) is 26.3 Å². The third kappa shape index (κ3) is 3.70. The summed E-state index contributed by atoms with van der Waals surface area (Å²) in [6.07, 6.45) is 0.497. The Kier molecular flexibility index (Phi) is 4.47. The first kappa shape index (κ1) is 16.4. The normalized spacial score (nSPS) is 16.7. The number of hydrogen-bond acceptors (Lipinski definition) is 3. The maximum atomic E-state index is 12.8. The lowest BCUT2D eigenvalue weighted by molar-refractivity contribution is 0.0566. The van der Waals surface area contributed by atoms with E-state index in [9.17, 15) is 4.79 Å². The summed E-state index contributed by atoms with van der Waals surface area (Å²) >= 11 is 0. The van der Waals surface area contributed by atoms with Crippen molar-refractivity contribution in [2.75, 3.05) is 16.8 Å². The standard InChI is InChI=1S/C20H24N2O2/c1-20(2,3)24-19(23)22(16-10-5-4-6-11-16)17-13-15-9-7-8-12-18(15)21-14-17/h4-12,17,21H,13-14H2,1-3H3/t17-/m1/s1. The van der Waals surface area contributed by atoms with Gasteiger partial charge in [-0.05, 0) is 51.0 Å². The van der Waals surface area contributed by atoms with Crippen LogP contribution in [0, 0.1) is 0 Å². The minimum atomic E-state index is -0.524. The molecule has 1 amide bonds. The molecule has 0 fully saturated rings. The second kappa shape index (κ2) is 6.56. The lowest BCUT2D eigenvalue weighted by Gasteiger charge is -2.36. The number of nitrogens with zero attached hydrogens (tertiary/aromatic N) is 1. The number of carbonyl (C=O) groups is 1. The van der Waals surface area contributed by atoms with E-state index >= 15 is 0 Å². The van der Waals surface area contributed by atoms with Gasteiger partial charge in [-0.25, -0.2) is 4.79 Å². The fourth-order valence-corrected chi connectivity index (χ4v) is 2.97. The molecule has 0 bridgehead atoms. The molecule has 2 aromatic rings. The van der Waals surface area contributed by atoms with Crippen LogP contribution in [0.2, 0.25) is 0 Å². The number of fused-ring (bicyclic) bond motifs is 1. The van der Waals surface area contributed by atoms with Gasteiger partial charge in [0.25, 0.3) is 0 Å². The molecule has 126 valence electrons. The van der Waals surface area contributed by atoms with Crippen molar-refractivity contribution in [2.45, 2.75) is 38.8 Å². The fraction of sp³-hybridized carbons (Fsp3) is 0.350.